The fraction of sp³-hybridized carbons (Fsp3) is 0.269. The van der Waals surface area contributed by atoms with E-state index in [1.165, 1.54) is 30.5 Å². The van der Waals surface area contributed by atoms with Crippen molar-refractivity contribution in [3.8, 4) is 11.1 Å². The molecule has 6 nitrogen and oxygen atoms in total. The van der Waals surface area contributed by atoms with Crippen LogP contribution in [0.4, 0.5) is 13.2 Å². The molecule has 182 valence electrons. The van der Waals surface area contributed by atoms with Crippen molar-refractivity contribution in [3.05, 3.63) is 89.0 Å². The van der Waals surface area contributed by atoms with Crippen LogP contribution in [-0.4, -0.2) is 41.3 Å². The second-order valence-electron chi connectivity index (χ2n) is 8.68. The van der Waals surface area contributed by atoms with Gasteiger partial charge in [-0.3, -0.25) is 19.5 Å². The highest BCUT2D eigenvalue weighted by Crippen LogP contribution is 2.31. The van der Waals surface area contributed by atoms with Gasteiger partial charge in [0.15, 0.2) is 0 Å². The minimum Gasteiger partial charge on any atom is -0.366 e. The molecule has 0 spiro atoms. The Morgan fingerprint density at radius 2 is 1.89 bits per heavy atom. The quantitative estimate of drug-likeness (QED) is 0.537. The van der Waals surface area contributed by atoms with Gasteiger partial charge < -0.3 is 11.1 Å². The van der Waals surface area contributed by atoms with E-state index < -0.39 is 29.4 Å². The molecular weight excluding hydrogens is 457 g/mol. The van der Waals surface area contributed by atoms with Crippen LogP contribution in [0.5, 0.6) is 0 Å². The van der Waals surface area contributed by atoms with Gasteiger partial charge in [-0.2, -0.15) is 0 Å². The number of pyridine rings is 1. The van der Waals surface area contributed by atoms with E-state index in [-0.39, 0.29) is 23.9 Å². The Kier molecular flexibility index (Phi) is 7.16. The van der Waals surface area contributed by atoms with Crippen LogP contribution in [0.15, 0.2) is 54.7 Å². The van der Waals surface area contributed by atoms with Gasteiger partial charge in [0.25, 0.3) is 5.91 Å². The van der Waals surface area contributed by atoms with Crippen LogP contribution in [0, 0.1) is 17.5 Å². The standard InChI is InChI=1S/C26H25F3N4O2/c1-33-9-3-5-23(33)26(35)32-22(12-15-10-17(27)14-18(28)11-15)24-19(4-2-8-31-24)16-6-7-21(29)20(13-16)25(30)34/h2,4,6-8,10-11,13-14,22-23H,3,5,9,12H2,1H3,(H2,30,34)(H,32,35). The maximum atomic E-state index is 14.1. The molecule has 2 heterocycles. The van der Waals surface area contributed by atoms with Crippen molar-refractivity contribution in [2.45, 2.75) is 31.3 Å². The highest BCUT2D eigenvalue weighted by atomic mass is 19.1. The number of primary amides is 1. The van der Waals surface area contributed by atoms with Gasteiger partial charge in [-0.1, -0.05) is 12.1 Å². The lowest BCUT2D eigenvalue weighted by Crippen LogP contribution is -2.43. The minimum absolute atomic E-state index is 0.0603. The predicted molar refractivity (Wildman–Crippen MR) is 125 cm³/mol. The van der Waals surface area contributed by atoms with Crippen molar-refractivity contribution in [3.63, 3.8) is 0 Å². The van der Waals surface area contributed by atoms with E-state index in [4.69, 9.17) is 5.73 Å². The molecule has 0 saturated carbocycles. The smallest absolute Gasteiger partial charge is 0.251 e. The Labute approximate surface area is 201 Å². The van der Waals surface area contributed by atoms with Gasteiger partial charge in [0, 0.05) is 17.8 Å². The van der Waals surface area contributed by atoms with Gasteiger partial charge in [-0.25, -0.2) is 13.2 Å². The SMILES string of the molecule is CN1CCCC1C(=O)NC(Cc1cc(F)cc(F)c1)c1ncccc1-c1ccc(F)c(C(N)=O)c1. The first-order valence-electron chi connectivity index (χ1n) is 11.2. The number of benzene rings is 2. The Morgan fingerprint density at radius 1 is 1.14 bits per heavy atom. The first-order valence-corrected chi connectivity index (χ1v) is 11.2. The molecule has 0 radical (unpaired) electrons. The molecule has 2 amide bonds. The molecule has 1 aliphatic heterocycles. The van der Waals surface area contributed by atoms with Gasteiger partial charge in [0.05, 0.1) is 23.3 Å². The molecule has 2 atom stereocenters. The number of amides is 2. The summed E-state index contributed by atoms with van der Waals surface area (Å²) >= 11 is 0. The van der Waals surface area contributed by atoms with Crippen molar-refractivity contribution >= 4 is 11.8 Å². The average molecular weight is 483 g/mol. The number of nitrogens with one attached hydrogen (secondary N) is 1. The lowest BCUT2D eigenvalue weighted by atomic mass is 9.94. The molecule has 1 aromatic heterocycles. The molecule has 0 bridgehead atoms. The lowest BCUT2D eigenvalue weighted by molar-refractivity contribution is -0.125. The molecule has 9 heteroatoms. The number of hydrogen-bond donors (Lipinski definition) is 2. The van der Waals surface area contributed by atoms with E-state index in [1.807, 2.05) is 11.9 Å². The van der Waals surface area contributed by atoms with E-state index in [2.05, 4.69) is 10.3 Å². The van der Waals surface area contributed by atoms with E-state index in [0.29, 0.717) is 28.8 Å². The molecule has 0 aliphatic carbocycles. The van der Waals surface area contributed by atoms with E-state index >= 15 is 0 Å². The van der Waals surface area contributed by atoms with Crippen LogP contribution in [0.25, 0.3) is 11.1 Å². The summed E-state index contributed by atoms with van der Waals surface area (Å²) in [5, 5.41) is 3.00. The normalized spacial score (nSPS) is 16.7. The third-order valence-electron chi connectivity index (χ3n) is 6.21. The summed E-state index contributed by atoms with van der Waals surface area (Å²) in [4.78, 5) is 31.3. The molecule has 1 saturated heterocycles. The van der Waals surface area contributed by atoms with Crippen molar-refractivity contribution < 1.29 is 22.8 Å². The molecule has 3 aromatic rings. The number of likely N-dealkylation sites (tertiary alicyclic amines) is 1. The predicted octanol–water partition coefficient (Wildman–Crippen LogP) is 3.76. The third-order valence-corrected chi connectivity index (χ3v) is 6.21. The van der Waals surface area contributed by atoms with Gasteiger partial charge in [0.2, 0.25) is 5.91 Å². The summed E-state index contributed by atoms with van der Waals surface area (Å²) in [7, 11) is 1.87. The number of nitrogens with two attached hydrogens (primary N) is 1. The Balaban J connectivity index is 1.76. The van der Waals surface area contributed by atoms with Gasteiger partial charge in [0.1, 0.15) is 17.5 Å². The summed E-state index contributed by atoms with van der Waals surface area (Å²) in [6, 6.07) is 9.42. The highest BCUT2D eigenvalue weighted by molar-refractivity contribution is 5.94. The maximum Gasteiger partial charge on any atom is 0.251 e. The first kappa shape index (κ1) is 24.4. The van der Waals surface area contributed by atoms with Gasteiger partial charge in [-0.15, -0.1) is 0 Å². The van der Waals surface area contributed by atoms with Gasteiger partial charge >= 0.3 is 0 Å². The van der Waals surface area contributed by atoms with Crippen molar-refractivity contribution in [2.75, 3.05) is 13.6 Å². The first-order chi connectivity index (χ1) is 16.7. The fourth-order valence-electron chi connectivity index (χ4n) is 4.51. The van der Waals surface area contributed by atoms with Crippen molar-refractivity contribution in [2.24, 2.45) is 5.73 Å². The van der Waals surface area contributed by atoms with Crippen LogP contribution in [-0.2, 0) is 11.2 Å². The second kappa shape index (κ2) is 10.3. The van der Waals surface area contributed by atoms with E-state index in [0.717, 1.165) is 25.1 Å². The van der Waals surface area contributed by atoms with Crippen LogP contribution < -0.4 is 11.1 Å². The maximum absolute atomic E-state index is 14.1. The highest BCUT2D eigenvalue weighted by Gasteiger charge is 2.31. The minimum atomic E-state index is -0.917. The molecule has 2 aromatic carbocycles. The number of carbonyl (C=O) groups excluding carboxylic acids is 2. The largest absolute Gasteiger partial charge is 0.366 e. The Morgan fingerprint density at radius 3 is 2.54 bits per heavy atom. The van der Waals surface area contributed by atoms with Gasteiger partial charge in [-0.05, 0) is 74.3 Å². The number of carbonyl (C=O) groups is 2. The van der Waals surface area contributed by atoms with Crippen LogP contribution in [0.1, 0.15) is 40.5 Å². The third kappa shape index (κ3) is 5.51. The molecule has 35 heavy (non-hydrogen) atoms. The topological polar surface area (TPSA) is 88.3 Å². The number of hydrogen-bond acceptors (Lipinski definition) is 4. The molecule has 2 unspecified atom stereocenters. The van der Waals surface area contributed by atoms with Crippen molar-refractivity contribution in [1.82, 2.24) is 15.2 Å². The van der Waals surface area contributed by atoms with E-state index in [1.54, 1.807) is 12.1 Å². The molecule has 3 N–H and O–H groups in total. The zero-order valence-corrected chi connectivity index (χ0v) is 19.1. The Bertz CT molecular complexity index is 1250. The summed E-state index contributed by atoms with van der Waals surface area (Å²) in [6.07, 6.45) is 3.17. The van der Waals surface area contributed by atoms with Crippen molar-refractivity contribution in [1.29, 1.82) is 0 Å². The zero-order chi connectivity index (χ0) is 25.1. The molecule has 1 aliphatic rings. The van der Waals surface area contributed by atoms with Crippen LogP contribution in [0.3, 0.4) is 0 Å². The molecule has 4 rings (SSSR count). The number of nitrogens with zero attached hydrogens (tertiary/aromatic N) is 2. The summed E-state index contributed by atoms with van der Waals surface area (Å²) in [5.74, 6) is -3.35. The number of halogens is 3. The summed E-state index contributed by atoms with van der Waals surface area (Å²) < 4.78 is 41.9. The molecular formula is C26H25F3N4O2. The second-order valence-corrected chi connectivity index (χ2v) is 8.68. The zero-order valence-electron chi connectivity index (χ0n) is 19.1. The summed E-state index contributed by atoms with van der Waals surface area (Å²) in [5.41, 5.74) is 6.76. The summed E-state index contributed by atoms with van der Waals surface area (Å²) in [6.45, 7) is 0.790. The average Bonchev–Trinajstić information content (AvgIpc) is 3.24. The molecule has 1 fully saturated rings. The Hall–Kier alpha value is -3.72. The lowest BCUT2D eigenvalue weighted by Gasteiger charge is -2.25. The number of aromatic nitrogens is 1. The van der Waals surface area contributed by atoms with Crippen LogP contribution in [0.2, 0.25) is 0 Å². The van der Waals surface area contributed by atoms with E-state index in [9.17, 15) is 22.8 Å². The van der Waals surface area contributed by atoms with Crippen LogP contribution >= 0.6 is 0 Å². The number of likely N-dealkylation sites (N-methyl/N-ethyl adjacent to an activating group) is 1. The monoisotopic (exact) mass is 482 g/mol. The fourth-order valence-corrected chi connectivity index (χ4v) is 4.51. The number of rotatable bonds is 7.